The Kier molecular flexibility index (Phi) is 4.18. The van der Waals surface area contributed by atoms with Crippen molar-refractivity contribution in [3.8, 4) is 5.75 Å². The minimum atomic E-state index is -0.865. The van der Waals surface area contributed by atoms with Gasteiger partial charge in [-0.25, -0.2) is 4.79 Å². The summed E-state index contributed by atoms with van der Waals surface area (Å²) in [4.78, 5) is 11.8. The van der Waals surface area contributed by atoms with Gasteiger partial charge in [-0.15, -0.1) is 5.10 Å². The lowest BCUT2D eigenvalue weighted by atomic mass is 9.97. The van der Waals surface area contributed by atoms with Gasteiger partial charge in [0.15, 0.2) is 0 Å². The lowest BCUT2D eigenvalue weighted by molar-refractivity contribution is 0.148. The average molecular weight is 292 g/mol. The highest BCUT2D eigenvalue weighted by atomic mass is 16.5. The summed E-state index contributed by atoms with van der Waals surface area (Å²) >= 11 is 0. The molecule has 0 amide bonds. The molecule has 1 N–H and O–H groups in total. The van der Waals surface area contributed by atoms with Gasteiger partial charge in [0.1, 0.15) is 5.75 Å². The van der Waals surface area contributed by atoms with Crippen molar-refractivity contribution in [3.05, 3.63) is 46.3 Å². The van der Waals surface area contributed by atoms with Crippen LogP contribution in [0.25, 0.3) is 0 Å². The smallest absolute Gasteiger partial charge is 0.437 e. The third-order valence-corrected chi connectivity index (χ3v) is 3.07. The summed E-state index contributed by atoms with van der Waals surface area (Å²) < 4.78 is 11.4. The van der Waals surface area contributed by atoms with Gasteiger partial charge in [-0.05, 0) is 17.7 Å². The van der Waals surface area contributed by atoms with E-state index < -0.39 is 11.9 Å². The Bertz CT molecular complexity index is 667. The lowest BCUT2D eigenvalue weighted by Crippen LogP contribution is -2.20. The fourth-order valence-corrected chi connectivity index (χ4v) is 1.84. The molecule has 2 aromatic rings. The molecule has 2 rings (SSSR count). The van der Waals surface area contributed by atoms with Crippen LogP contribution in [0.2, 0.25) is 0 Å². The van der Waals surface area contributed by atoms with Crippen LogP contribution in [0.3, 0.4) is 0 Å². The molecule has 1 atom stereocenters. The van der Waals surface area contributed by atoms with E-state index in [2.05, 4.69) is 5.10 Å². The van der Waals surface area contributed by atoms with Crippen LogP contribution in [0, 0.1) is 0 Å². The predicted molar refractivity (Wildman–Crippen MR) is 77.4 cm³/mol. The van der Waals surface area contributed by atoms with Crippen molar-refractivity contribution in [2.45, 2.75) is 38.8 Å². The van der Waals surface area contributed by atoms with Crippen LogP contribution in [-0.4, -0.2) is 22.0 Å². The summed E-state index contributed by atoms with van der Waals surface area (Å²) in [6, 6.07) is 7.06. The number of aromatic nitrogens is 2. The quantitative estimate of drug-likeness (QED) is 0.931. The van der Waals surface area contributed by atoms with E-state index in [1.807, 2.05) is 20.8 Å². The summed E-state index contributed by atoms with van der Waals surface area (Å²) in [5.74, 6) is 0.432. The molecule has 0 fully saturated rings. The van der Waals surface area contributed by atoms with Gasteiger partial charge in [0.05, 0.1) is 19.8 Å². The molecule has 21 heavy (non-hydrogen) atoms. The maximum absolute atomic E-state index is 11.8. The average Bonchev–Trinajstić information content (AvgIpc) is 2.80. The first-order chi connectivity index (χ1) is 9.81. The molecule has 6 nitrogen and oxygen atoms in total. The maximum atomic E-state index is 11.8. The van der Waals surface area contributed by atoms with Crippen molar-refractivity contribution in [2.24, 2.45) is 0 Å². The fourth-order valence-electron chi connectivity index (χ4n) is 1.84. The minimum Gasteiger partial charge on any atom is -0.497 e. The van der Waals surface area contributed by atoms with Crippen LogP contribution >= 0.6 is 0 Å². The highest BCUT2D eigenvalue weighted by molar-refractivity contribution is 5.29. The van der Waals surface area contributed by atoms with Gasteiger partial charge in [0, 0.05) is 5.41 Å². The van der Waals surface area contributed by atoms with E-state index in [1.54, 1.807) is 31.4 Å². The van der Waals surface area contributed by atoms with E-state index in [4.69, 9.17) is 9.15 Å². The third kappa shape index (κ3) is 3.52. The van der Waals surface area contributed by atoms with E-state index in [0.29, 0.717) is 17.2 Å². The predicted octanol–water partition coefficient (Wildman–Crippen LogP) is 1.88. The van der Waals surface area contributed by atoms with Crippen LogP contribution in [0.1, 0.15) is 38.3 Å². The number of aliphatic hydroxyl groups is 1. The normalized spacial score (nSPS) is 13.2. The topological polar surface area (TPSA) is 77.5 Å². The molecule has 1 unspecified atom stereocenters. The minimum absolute atomic E-state index is 0.0333. The van der Waals surface area contributed by atoms with Gasteiger partial charge in [0.25, 0.3) is 0 Å². The number of hydrogen-bond acceptors (Lipinski definition) is 5. The Balaban J connectivity index is 2.21. The van der Waals surface area contributed by atoms with Crippen molar-refractivity contribution in [2.75, 3.05) is 7.11 Å². The van der Waals surface area contributed by atoms with Crippen LogP contribution in [0.5, 0.6) is 5.75 Å². The zero-order valence-corrected chi connectivity index (χ0v) is 12.7. The summed E-state index contributed by atoms with van der Waals surface area (Å²) in [6.07, 6.45) is -0.865. The summed E-state index contributed by atoms with van der Waals surface area (Å²) in [5, 5.41) is 14.4. The number of benzene rings is 1. The van der Waals surface area contributed by atoms with Gasteiger partial charge in [-0.3, -0.25) is 0 Å². The first kappa shape index (κ1) is 15.3. The Hall–Kier alpha value is -2.08. The Morgan fingerprint density at radius 1 is 1.43 bits per heavy atom. The molecule has 0 aliphatic carbocycles. The van der Waals surface area contributed by atoms with Crippen LogP contribution < -0.4 is 10.5 Å². The van der Waals surface area contributed by atoms with E-state index in [-0.39, 0.29) is 12.0 Å². The molecule has 0 spiro atoms. The number of nitrogens with zero attached hydrogens (tertiary/aromatic N) is 2. The number of hydrogen-bond donors (Lipinski definition) is 1. The van der Waals surface area contributed by atoms with Crippen molar-refractivity contribution >= 4 is 0 Å². The third-order valence-electron chi connectivity index (χ3n) is 3.07. The second kappa shape index (κ2) is 5.73. The number of rotatable bonds is 4. The molecule has 6 heteroatoms. The largest absolute Gasteiger partial charge is 0.497 e. The SMILES string of the molecule is COc1cccc(C(O)Cn2nc(C(C)(C)C)oc2=O)c1. The van der Waals surface area contributed by atoms with Gasteiger partial charge >= 0.3 is 5.76 Å². The molecule has 0 aliphatic rings. The van der Waals surface area contributed by atoms with Gasteiger partial charge < -0.3 is 14.3 Å². The molecule has 0 radical (unpaired) electrons. The molecule has 1 aromatic carbocycles. The van der Waals surface area contributed by atoms with Crippen molar-refractivity contribution in [1.29, 1.82) is 0 Å². The summed E-state index contributed by atoms with van der Waals surface area (Å²) in [5.41, 5.74) is 0.298. The van der Waals surface area contributed by atoms with Crippen molar-refractivity contribution in [3.63, 3.8) is 0 Å². The molecule has 1 heterocycles. The molecular weight excluding hydrogens is 272 g/mol. The molecule has 0 bridgehead atoms. The zero-order chi connectivity index (χ0) is 15.6. The Labute approximate surface area is 123 Å². The first-order valence-electron chi connectivity index (χ1n) is 6.71. The summed E-state index contributed by atoms with van der Waals surface area (Å²) in [7, 11) is 1.56. The van der Waals surface area contributed by atoms with Crippen LogP contribution in [-0.2, 0) is 12.0 Å². The van der Waals surface area contributed by atoms with E-state index in [1.165, 1.54) is 0 Å². The highest BCUT2D eigenvalue weighted by Crippen LogP contribution is 2.21. The second-order valence-electron chi connectivity index (χ2n) is 5.90. The Morgan fingerprint density at radius 3 is 2.71 bits per heavy atom. The van der Waals surface area contributed by atoms with Gasteiger partial charge in [-0.1, -0.05) is 32.9 Å². The first-order valence-corrected chi connectivity index (χ1v) is 6.71. The van der Waals surface area contributed by atoms with Gasteiger partial charge in [-0.2, -0.15) is 4.68 Å². The monoisotopic (exact) mass is 292 g/mol. The molecule has 0 aliphatic heterocycles. The molecule has 0 saturated heterocycles. The summed E-state index contributed by atoms with van der Waals surface area (Å²) in [6.45, 7) is 5.74. The number of aliphatic hydroxyl groups excluding tert-OH is 1. The standard InChI is InChI=1S/C15H20N2O4/c1-15(2,3)13-16-17(14(19)21-13)9-12(18)10-6-5-7-11(8-10)20-4/h5-8,12,18H,9H2,1-4H3. The highest BCUT2D eigenvalue weighted by Gasteiger charge is 2.23. The van der Waals surface area contributed by atoms with Crippen molar-refractivity contribution < 1.29 is 14.3 Å². The molecule has 114 valence electrons. The van der Waals surface area contributed by atoms with Crippen LogP contribution in [0.15, 0.2) is 33.5 Å². The van der Waals surface area contributed by atoms with Gasteiger partial charge in [0.2, 0.25) is 5.89 Å². The van der Waals surface area contributed by atoms with E-state index in [9.17, 15) is 9.90 Å². The molecule has 1 aromatic heterocycles. The lowest BCUT2D eigenvalue weighted by Gasteiger charge is -2.12. The van der Waals surface area contributed by atoms with Crippen molar-refractivity contribution in [1.82, 2.24) is 9.78 Å². The molecular formula is C15H20N2O4. The van der Waals surface area contributed by atoms with E-state index >= 15 is 0 Å². The maximum Gasteiger partial charge on any atom is 0.437 e. The fraction of sp³-hybridized carbons (Fsp3) is 0.467. The number of ether oxygens (including phenoxy) is 1. The second-order valence-corrected chi connectivity index (χ2v) is 5.90. The molecule has 0 saturated carbocycles. The van der Waals surface area contributed by atoms with E-state index in [0.717, 1.165) is 4.68 Å². The number of methoxy groups -OCH3 is 1. The zero-order valence-electron chi connectivity index (χ0n) is 12.7. The van der Waals surface area contributed by atoms with Crippen LogP contribution in [0.4, 0.5) is 0 Å². The Morgan fingerprint density at radius 2 is 2.14 bits per heavy atom.